The first-order chi connectivity index (χ1) is 22.2. The van der Waals surface area contributed by atoms with Crippen molar-refractivity contribution in [2.45, 2.75) is 142 Å². The van der Waals surface area contributed by atoms with Gasteiger partial charge in [0, 0.05) is 0 Å². The maximum atomic E-state index is 14.1. The van der Waals surface area contributed by atoms with Crippen molar-refractivity contribution in [1.29, 1.82) is 0 Å². The Morgan fingerprint density at radius 3 is 2.19 bits per heavy atom. The number of aliphatic hydroxyl groups excluding tert-OH is 2. The zero-order valence-corrected chi connectivity index (χ0v) is 29.6. The molecule has 6 atom stereocenters. The number of nitrogens with one attached hydrogen (secondary N) is 3. The second-order valence-corrected chi connectivity index (χ2v) is 15.0. The number of amides is 3. The molecule has 1 fully saturated rings. The Morgan fingerprint density at radius 2 is 1.55 bits per heavy atom. The molecule has 1 saturated carbocycles. The first-order valence-corrected chi connectivity index (χ1v) is 17.6. The third kappa shape index (κ3) is 12.1. The summed E-state index contributed by atoms with van der Waals surface area (Å²) in [5.41, 5.74) is 0.206. The lowest BCUT2D eigenvalue weighted by Crippen LogP contribution is -2.59. The third-order valence-corrected chi connectivity index (χ3v) is 9.26. The fourth-order valence-corrected chi connectivity index (χ4v) is 6.52. The quantitative estimate of drug-likeness (QED) is 0.159. The van der Waals surface area contributed by atoms with Gasteiger partial charge in [0.2, 0.25) is 11.8 Å². The molecule has 0 saturated heterocycles. The molecule has 2 aromatic rings. The van der Waals surface area contributed by atoms with Gasteiger partial charge in [-0.2, -0.15) is 0 Å². The van der Waals surface area contributed by atoms with Gasteiger partial charge in [0.05, 0.1) is 12.1 Å². The highest BCUT2D eigenvalue weighted by Crippen LogP contribution is 2.28. The third-order valence-electron chi connectivity index (χ3n) is 9.26. The summed E-state index contributed by atoms with van der Waals surface area (Å²) < 4.78 is 5.48. The largest absolute Gasteiger partial charge is 0.444 e. The average Bonchev–Trinajstić information content (AvgIpc) is 3.01. The van der Waals surface area contributed by atoms with Crippen molar-refractivity contribution in [2.24, 2.45) is 17.8 Å². The lowest BCUT2D eigenvalue weighted by Gasteiger charge is -2.33. The Morgan fingerprint density at radius 1 is 0.894 bits per heavy atom. The summed E-state index contributed by atoms with van der Waals surface area (Å²) in [6, 6.07) is 11.3. The van der Waals surface area contributed by atoms with Crippen LogP contribution in [0, 0.1) is 17.8 Å². The van der Waals surface area contributed by atoms with Crippen molar-refractivity contribution in [1.82, 2.24) is 16.0 Å². The van der Waals surface area contributed by atoms with Gasteiger partial charge in [0.1, 0.15) is 23.8 Å². The summed E-state index contributed by atoms with van der Waals surface area (Å²) in [6.07, 6.45) is 4.09. The summed E-state index contributed by atoms with van der Waals surface area (Å²) in [4.78, 5) is 40.8. The second kappa shape index (κ2) is 17.8. The van der Waals surface area contributed by atoms with Gasteiger partial charge >= 0.3 is 6.09 Å². The molecule has 3 amide bonds. The summed E-state index contributed by atoms with van der Waals surface area (Å²) >= 11 is 0. The van der Waals surface area contributed by atoms with Crippen molar-refractivity contribution in [3.05, 3.63) is 48.0 Å². The van der Waals surface area contributed by atoms with Crippen LogP contribution in [0.2, 0.25) is 0 Å². The molecule has 0 heterocycles. The standard InChI is InChI=1S/C38H59N3O6/c1-8-25(4)33(41-35(44)31(22-26-15-10-9-11-16-26)40-37(46)47-38(5,6)7)36(45)39-30(34(43)32(42)21-24(2)3)23-28-19-14-18-27-17-12-13-20-29(27)28/h12-14,17-20,24-26,30-34,42-43H,8-11,15-16,21-23H2,1-7H3,(H,39,45)(H,40,46)(H,41,44)/t25-,30+,31+,32+,33+,34-/m1/s1. The Hall–Kier alpha value is -3.17. The van der Waals surface area contributed by atoms with Gasteiger partial charge in [0.15, 0.2) is 0 Å². The first-order valence-electron chi connectivity index (χ1n) is 17.6. The van der Waals surface area contributed by atoms with Crippen LogP contribution in [0.5, 0.6) is 0 Å². The van der Waals surface area contributed by atoms with E-state index < -0.39 is 53.8 Å². The lowest BCUT2D eigenvalue weighted by atomic mass is 9.84. The van der Waals surface area contributed by atoms with Crippen molar-refractivity contribution < 1.29 is 29.3 Å². The van der Waals surface area contributed by atoms with Crippen molar-refractivity contribution in [3.8, 4) is 0 Å². The molecule has 5 N–H and O–H groups in total. The molecule has 262 valence electrons. The topological polar surface area (TPSA) is 137 Å². The predicted octanol–water partition coefficient (Wildman–Crippen LogP) is 6.03. The number of rotatable bonds is 15. The molecule has 1 aliphatic rings. The van der Waals surface area contributed by atoms with E-state index >= 15 is 0 Å². The maximum Gasteiger partial charge on any atom is 0.408 e. The molecular formula is C38H59N3O6. The molecule has 9 nitrogen and oxygen atoms in total. The molecule has 3 rings (SSSR count). The number of hydrogen-bond donors (Lipinski definition) is 5. The van der Waals surface area contributed by atoms with Gasteiger partial charge < -0.3 is 30.9 Å². The van der Waals surface area contributed by atoms with Crippen LogP contribution in [0.25, 0.3) is 10.8 Å². The zero-order valence-electron chi connectivity index (χ0n) is 29.6. The minimum Gasteiger partial charge on any atom is -0.444 e. The average molecular weight is 654 g/mol. The number of carbonyl (C=O) groups excluding carboxylic acids is 3. The summed E-state index contributed by atoms with van der Waals surface area (Å²) in [5.74, 6) is -0.700. The highest BCUT2D eigenvalue weighted by Gasteiger charge is 2.35. The number of fused-ring (bicyclic) bond motifs is 1. The van der Waals surface area contributed by atoms with Crippen LogP contribution in [0.4, 0.5) is 4.79 Å². The molecule has 2 aromatic carbocycles. The molecule has 0 bridgehead atoms. The van der Waals surface area contributed by atoms with E-state index in [9.17, 15) is 24.6 Å². The van der Waals surface area contributed by atoms with E-state index in [-0.39, 0.29) is 24.2 Å². The number of benzene rings is 2. The maximum absolute atomic E-state index is 14.1. The Kier molecular flexibility index (Phi) is 14.5. The molecule has 47 heavy (non-hydrogen) atoms. The van der Waals surface area contributed by atoms with Gasteiger partial charge in [-0.15, -0.1) is 0 Å². The van der Waals surface area contributed by atoms with E-state index in [1.165, 1.54) is 6.42 Å². The first kappa shape index (κ1) is 38.3. The van der Waals surface area contributed by atoms with Gasteiger partial charge in [-0.05, 0) is 74.1 Å². The van der Waals surface area contributed by atoms with Crippen LogP contribution in [-0.2, 0) is 20.7 Å². The number of carbonyl (C=O) groups is 3. The highest BCUT2D eigenvalue weighted by molar-refractivity contribution is 5.92. The van der Waals surface area contributed by atoms with Crippen LogP contribution in [0.15, 0.2) is 42.5 Å². The van der Waals surface area contributed by atoms with E-state index in [0.29, 0.717) is 19.3 Å². The second-order valence-electron chi connectivity index (χ2n) is 15.0. The van der Waals surface area contributed by atoms with Gasteiger partial charge in [-0.3, -0.25) is 9.59 Å². The van der Waals surface area contributed by atoms with Crippen LogP contribution in [0.1, 0.15) is 105 Å². The Bertz CT molecular complexity index is 1300. The monoisotopic (exact) mass is 653 g/mol. The normalized spacial score (nSPS) is 18.1. The van der Waals surface area contributed by atoms with Crippen LogP contribution < -0.4 is 16.0 Å². The van der Waals surface area contributed by atoms with E-state index in [1.807, 2.05) is 70.2 Å². The summed E-state index contributed by atoms with van der Waals surface area (Å²) in [6.45, 7) is 13.1. The molecule has 0 aliphatic heterocycles. The molecule has 1 aliphatic carbocycles. The molecular weight excluding hydrogens is 594 g/mol. The van der Waals surface area contributed by atoms with Gasteiger partial charge in [-0.25, -0.2) is 4.79 Å². The van der Waals surface area contributed by atoms with Crippen molar-refractivity contribution in [3.63, 3.8) is 0 Å². The minimum atomic E-state index is -1.23. The van der Waals surface area contributed by atoms with E-state index in [0.717, 1.165) is 42.0 Å². The fourth-order valence-electron chi connectivity index (χ4n) is 6.52. The van der Waals surface area contributed by atoms with Crippen molar-refractivity contribution in [2.75, 3.05) is 0 Å². The number of aliphatic hydroxyl groups is 2. The van der Waals surface area contributed by atoms with Gasteiger partial charge in [-0.1, -0.05) is 109 Å². The smallest absolute Gasteiger partial charge is 0.408 e. The molecule has 0 aromatic heterocycles. The zero-order chi connectivity index (χ0) is 34.7. The Labute approximate surface area is 281 Å². The van der Waals surface area contributed by atoms with E-state index in [1.54, 1.807) is 20.8 Å². The van der Waals surface area contributed by atoms with Crippen LogP contribution >= 0.6 is 0 Å². The van der Waals surface area contributed by atoms with Crippen LogP contribution in [-0.4, -0.2) is 64.1 Å². The van der Waals surface area contributed by atoms with Crippen LogP contribution in [0.3, 0.4) is 0 Å². The number of ether oxygens (including phenoxy) is 1. The summed E-state index contributed by atoms with van der Waals surface area (Å²) in [5, 5.41) is 33.2. The number of alkyl carbamates (subject to hydrolysis) is 1. The van der Waals surface area contributed by atoms with E-state index in [4.69, 9.17) is 4.74 Å². The van der Waals surface area contributed by atoms with Crippen molar-refractivity contribution >= 4 is 28.7 Å². The molecule has 9 heteroatoms. The molecule has 0 radical (unpaired) electrons. The predicted molar refractivity (Wildman–Crippen MR) is 187 cm³/mol. The molecule has 0 spiro atoms. The number of hydrogen-bond acceptors (Lipinski definition) is 6. The lowest BCUT2D eigenvalue weighted by molar-refractivity contribution is -0.132. The van der Waals surface area contributed by atoms with E-state index in [2.05, 4.69) is 16.0 Å². The SMILES string of the molecule is CC[C@@H](C)[C@H](NC(=O)[C@H](CC1CCCCC1)NC(=O)OC(C)(C)C)C(=O)N[C@@H](Cc1cccc2ccccc12)[C@@H](O)[C@@H](O)CC(C)C. The Balaban J connectivity index is 1.87. The fraction of sp³-hybridized carbons (Fsp3) is 0.658. The molecule has 0 unspecified atom stereocenters. The minimum absolute atomic E-state index is 0.138. The highest BCUT2D eigenvalue weighted by atomic mass is 16.6. The summed E-state index contributed by atoms with van der Waals surface area (Å²) in [7, 11) is 0. The van der Waals surface area contributed by atoms with Gasteiger partial charge in [0.25, 0.3) is 0 Å².